The molecule has 19 heavy (non-hydrogen) atoms. The van der Waals surface area contributed by atoms with Gasteiger partial charge in [-0.25, -0.2) is 12.8 Å². The van der Waals surface area contributed by atoms with Crippen LogP contribution in [-0.2, 0) is 10.0 Å². The third kappa shape index (κ3) is 2.83. The number of halogens is 3. The minimum absolute atomic E-state index is 0.0870. The predicted molar refractivity (Wildman–Crippen MR) is 70.6 cm³/mol. The highest BCUT2D eigenvalue weighted by Crippen LogP contribution is 2.30. The lowest BCUT2D eigenvalue weighted by Crippen LogP contribution is -2.14. The number of hydrogen-bond acceptors (Lipinski definition) is 3. The first-order valence-corrected chi connectivity index (χ1v) is 7.23. The van der Waals surface area contributed by atoms with Gasteiger partial charge in [-0.05, 0) is 19.1 Å². The summed E-state index contributed by atoms with van der Waals surface area (Å²) in [7, 11) is -4.03. The SMILES string of the molecule is Cc1cc(NS(=O)(=O)c2ccc(Cl)c(F)c2Cl)n[nH]1. The number of rotatable bonds is 3. The lowest BCUT2D eigenvalue weighted by molar-refractivity contribution is 0.595. The van der Waals surface area contributed by atoms with Crippen LogP contribution >= 0.6 is 23.2 Å². The van der Waals surface area contributed by atoms with E-state index in [9.17, 15) is 12.8 Å². The molecule has 0 unspecified atom stereocenters. The molecule has 0 bridgehead atoms. The van der Waals surface area contributed by atoms with Gasteiger partial charge < -0.3 is 0 Å². The van der Waals surface area contributed by atoms with E-state index in [-0.39, 0.29) is 10.8 Å². The average molecular weight is 324 g/mol. The lowest BCUT2D eigenvalue weighted by Gasteiger charge is -2.08. The van der Waals surface area contributed by atoms with Crippen molar-refractivity contribution in [2.24, 2.45) is 0 Å². The number of benzene rings is 1. The molecule has 1 aromatic heterocycles. The second-order valence-electron chi connectivity index (χ2n) is 3.72. The van der Waals surface area contributed by atoms with Crippen molar-refractivity contribution < 1.29 is 12.8 Å². The van der Waals surface area contributed by atoms with Crippen molar-refractivity contribution in [1.82, 2.24) is 10.2 Å². The van der Waals surface area contributed by atoms with Crippen LogP contribution in [0.2, 0.25) is 10.0 Å². The molecule has 0 radical (unpaired) electrons. The summed E-state index contributed by atoms with van der Waals surface area (Å²) in [5.41, 5.74) is 0.672. The monoisotopic (exact) mass is 323 g/mol. The maximum Gasteiger partial charge on any atom is 0.264 e. The second-order valence-corrected chi connectivity index (χ2v) is 6.15. The van der Waals surface area contributed by atoms with Gasteiger partial charge in [-0.1, -0.05) is 23.2 Å². The zero-order chi connectivity index (χ0) is 14.2. The number of anilines is 1. The van der Waals surface area contributed by atoms with E-state index >= 15 is 0 Å². The van der Waals surface area contributed by atoms with Gasteiger partial charge in [-0.15, -0.1) is 0 Å². The molecule has 0 saturated heterocycles. The molecule has 1 heterocycles. The van der Waals surface area contributed by atoms with E-state index in [4.69, 9.17) is 23.2 Å². The normalized spacial score (nSPS) is 11.6. The van der Waals surface area contributed by atoms with E-state index in [1.807, 2.05) is 0 Å². The van der Waals surface area contributed by atoms with Crippen molar-refractivity contribution in [3.63, 3.8) is 0 Å². The lowest BCUT2D eigenvalue weighted by atomic mass is 10.3. The van der Waals surface area contributed by atoms with Crippen LogP contribution in [0.1, 0.15) is 5.69 Å². The molecule has 2 N–H and O–H groups in total. The molecule has 0 amide bonds. The Labute approximate surface area is 118 Å². The van der Waals surface area contributed by atoms with Gasteiger partial charge in [0.05, 0.1) is 10.0 Å². The Morgan fingerprint density at radius 2 is 2.05 bits per heavy atom. The number of aromatic nitrogens is 2. The number of H-pyrrole nitrogens is 1. The quantitative estimate of drug-likeness (QED) is 0.853. The molecule has 0 fully saturated rings. The van der Waals surface area contributed by atoms with E-state index < -0.39 is 25.8 Å². The topological polar surface area (TPSA) is 74.8 Å². The number of hydrogen-bond donors (Lipinski definition) is 2. The molecule has 0 aliphatic rings. The molecule has 5 nitrogen and oxygen atoms in total. The molecule has 9 heteroatoms. The second kappa shape index (κ2) is 4.99. The third-order valence-electron chi connectivity index (χ3n) is 2.23. The van der Waals surface area contributed by atoms with Gasteiger partial charge >= 0.3 is 0 Å². The van der Waals surface area contributed by atoms with E-state index in [1.54, 1.807) is 6.92 Å². The minimum Gasteiger partial charge on any atom is -0.281 e. The van der Waals surface area contributed by atoms with Crippen LogP contribution in [0, 0.1) is 12.7 Å². The minimum atomic E-state index is -4.03. The van der Waals surface area contributed by atoms with Gasteiger partial charge in [0.25, 0.3) is 10.0 Å². The Bertz CT molecular complexity index is 730. The Morgan fingerprint density at radius 3 is 2.63 bits per heavy atom. The molecule has 0 saturated carbocycles. The Kier molecular flexibility index (Phi) is 3.71. The fourth-order valence-electron chi connectivity index (χ4n) is 1.38. The summed E-state index contributed by atoms with van der Waals surface area (Å²) in [5, 5.41) is 5.48. The molecule has 1 aromatic carbocycles. The molecule has 0 aliphatic heterocycles. The molecule has 0 spiro atoms. The predicted octanol–water partition coefficient (Wildman–Crippen LogP) is 2.96. The number of nitrogens with one attached hydrogen (secondary N) is 2. The molecular formula is C10H8Cl2FN3O2S. The van der Waals surface area contributed by atoms with E-state index in [1.165, 1.54) is 6.07 Å². The van der Waals surface area contributed by atoms with Gasteiger partial charge in [-0.3, -0.25) is 9.82 Å². The third-order valence-corrected chi connectivity index (χ3v) is 4.40. The molecule has 0 aliphatic carbocycles. The largest absolute Gasteiger partial charge is 0.281 e. The molecule has 0 atom stereocenters. The summed E-state index contributed by atoms with van der Waals surface area (Å²) in [4.78, 5) is -0.406. The maximum atomic E-state index is 13.5. The van der Waals surface area contributed by atoms with Crippen LogP contribution < -0.4 is 4.72 Å². The van der Waals surface area contributed by atoms with E-state index in [0.29, 0.717) is 5.69 Å². The van der Waals surface area contributed by atoms with Gasteiger partial charge in [-0.2, -0.15) is 5.10 Å². The summed E-state index contributed by atoms with van der Waals surface area (Å²) in [6.07, 6.45) is 0. The van der Waals surface area contributed by atoms with Crippen molar-refractivity contribution in [1.29, 1.82) is 0 Å². The molecular weight excluding hydrogens is 316 g/mol. The zero-order valence-corrected chi connectivity index (χ0v) is 11.9. The fraction of sp³-hybridized carbons (Fsp3) is 0.100. The fourth-order valence-corrected chi connectivity index (χ4v) is 3.12. The summed E-state index contributed by atoms with van der Waals surface area (Å²) in [6.45, 7) is 1.71. The Morgan fingerprint density at radius 1 is 1.37 bits per heavy atom. The highest BCUT2D eigenvalue weighted by atomic mass is 35.5. The van der Waals surface area contributed by atoms with Crippen LogP contribution in [0.25, 0.3) is 0 Å². The number of aryl methyl sites for hydroxylation is 1. The number of aromatic amines is 1. The first-order chi connectivity index (χ1) is 8.81. The van der Waals surface area contributed by atoms with Crippen LogP contribution in [-0.4, -0.2) is 18.6 Å². The van der Waals surface area contributed by atoms with Crippen molar-refractivity contribution in [3.8, 4) is 0 Å². The molecule has 102 valence electrons. The average Bonchev–Trinajstić information content (AvgIpc) is 2.70. The van der Waals surface area contributed by atoms with Crippen LogP contribution in [0.3, 0.4) is 0 Å². The smallest absolute Gasteiger partial charge is 0.264 e. The Balaban J connectivity index is 2.43. The summed E-state index contributed by atoms with van der Waals surface area (Å²) in [6, 6.07) is 3.72. The highest BCUT2D eigenvalue weighted by Gasteiger charge is 2.22. The number of sulfonamides is 1. The highest BCUT2D eigenvalue weighted by molar-refractivity contribution is 7.92. The van der Waals surface area contributed by atoms with Crippen LogP contribution in [0.4, 0.5) is 10.2 Å². The van der Waals surface area contributed by atoms with Gasteiger partial charge in [0.2, 0.25) is 0 Å². The van der Waals surface area contributed by atoms with Crippen molar-refractivity contribution in [2.45, 2.75) is 11.8 Å². The standard InChI is InChI=1S/C10H8Cl2FN3O2S/c1-5-4-8(15-14-5)16-19(17,18)7-3-2-6(11)10(13)9(7)12/h2-4H,1H3,(H2,14,15,16). The summed E-state index contributed by atoms with van der Waals surface area (Å²) in [5.74, 6) is -0.895. The zero-order valence-electron chi connectivity index (χ0n) is 9.54. The molecule has 2 aromatic rings. The first-order valence-electron chi connectivity index (χ1n) is 4.99. The van der Waals surface area contributed by atoms with Crippen LogP contribution in [0.5, 0.6) is 0 Å². The van der Waals surface area contributed by atoms with Crippen molar-refractivity contribution >= 4 is 39.0 Å². The van der Waals surface area contributed by atoms with E-state index in [2.05, 4.69) is 14.9 Å². The summed E-state index contributed by atoms with van der Waals surface area (Å²) < 4.78 is 39.7. The van der Waals surface area contributed by atoms with Crippen LogP contribution in [0.15, 0.2) is 23.1 Å². The molecule has 2 rings (SSSR count). The Hall–Kier alpha value is -1.31. The van der Waals surface area contributed by atoms with Gasteiger partial charge in [0, 0.05) is 11.8 Å². The van der Waals surface area contributed by atoms with E-state index in [0.717, 1.165) is 12.1 Å². The summed E-state index contributed by atoms with van der Waals surface area (Å²) >= 11 is 11.2. The van der Waals surface area contributed by atoms with Gasteiger partial charge in [0.15, 0.2) is 11.6 Å². The van der Waals surface area contributed by atoms with Gasteiger partial charge in [0.1, 0.15) is 4.90 Å². The first kappa shape index (κ1) is 14.1. The maximum absolute atomic E-state index is 13.5. The van der Waals surface area contributed by atoms with Crippen molar-refractivity contribution in [2.75, 3.05) is 4.72 Å². The van der Waals surface area contributed by atoms with Crippen molar-refractivity contribution in [3.05, 3.63) is 39.8 Å². The number of nitrogens with zero attached hydrogens (tertiary/aromatic N) is 1.